The average molecular weight is 401 g/mol. The number of benzene rings is 2. The van der Waals surface area contributed by atoms with E-state index in [-0.39, 0.29) is 11.9 Å². The summed E-state index contributed by atoms with van der Waals surface area (Å²) in [4.78, 5) is 12.6. The normalized spacial score (nSPS) is 17.9. The third kappa shape index (κ3) is 6.33. The van der Waals surface area contributed by atoms with Crippen LogP contribution >= 0.6 is 11.6 Å². The van der Waals surface area contributed by atoms with Crippen LogP contribution in [0.5, 0.6) is 0 Å². The number of ether oxygens (including phenoxy) is 1. The van der Waals surface area contributed by atoms with E-state index in [1.807, 2.05) is 55.6 Å². The summed E-state index contributed by atoms with van der Waals surface area (Å²) in [7, 11) is 1.95. The van der Waals surface area contributed by atoms with E-state index in [9.17, 15) is 4.79 Å². The summed E-state index contributed by atoms with van der Waals surface area (Å²) in [6.45, 7) is 2.32. The summed E-state index contributed by atoms with van der Waals surface area (Å²) in [5.74, 6) is 0.539. The lowest BCUT2D eigenvalue weighted by Crippen LogP contribution is -2.41. The molecular formula is C23H29ClN2O2. The molecule has 1 aliphatic heterocycles. The van der Waals surface area contributed by atoms with Gasteiger partial charge in [-0.05, 0) is 74.0 Å². The highest BCUT2D eigenvalue weighted by Gasteiger charge is 2.19. The van der Waals surface area contributed by atoms with Gasteiger partial charge in [0.15, 0.2) is 0 Å². The highest BCUT2D eigenvalue weighted by atomic mass is 35.5. The zero-order valence-electron chi connectivity index (χ0n) is 16.4. The van der Waals surface area contributed by atoms with Crippen LogP contribution in [0.4, 0.5) is 0 Å². The van der Waals surface area contributed by atoms with E-state index in [2.05, 4.69) is 10.6 Å². The predicted octanol–water partition coefficient (Wildman–Crippen LogP) is 4.07. The Morgan fingerprint density at radius 2 is 2.00 bits per heavy atom. The molecule has 0 aromatic heterocycles. The first-order valence-corrected chi connectivity index (χ1v) is 10.4. The highest BCUT2D eigenvalue weighted by Crippen LogP contribution is 2.19. The van der Waals surface area contributed by atoms with E-state index in [0.717, 1.165) is 48.6 Å². The van der Waals surface area contributed by atoms with Gasteiger partial charge in [0.05, 0.1) is 0 Å². The van der Waals surface area contributed by atoms with Gasteiger partial charge >= 0.3 is 0 Å². The molecule has 1 saturated heterocycles. The Labute approximate surface area is 172 Å². The maximum Gasteiger partial charge on any atom is 0.251 e. The zero-order chi connectivity index (χ0) is 19.8. The fraction of sp³-hybridized carbons (Fsp3) is 0.435. The second-order valence-electron chi connectivity index (χ2n) is 7.52. The van der Waals surface area contributed by atoms with Crippen LogP contribution < -0.4 is 10.6 Å². The largest absolute Gasteiger partial charge is 0.381 e. The maximum atomic E-state index is 12.6. The molecule has 0 aliphatic carbocycles. The van der Waals surface area contributed by atoms with Crippen LogP contribution in [0.25, 0.3) is 0 Å². The molecule has 5 heteroatoms. The number of likely N-dealkylation sites (N-methyl/N-ethyl adjacent to an activating group) is 1. The van der Waals surface area contributed by atoms with Gasteiger partial charge in [-0.3, -0.25) is 4.79 Å². The summed E-state index contributed by atoms with van der Waals surface area (Å²) in [5.41, 5.74) is 2.92. The van der Waals surface area contributed by atoms with Crippen LogP contribution in [-0.2, 0) is 11.2 Å². The topological polar surface area (TPSA) is 50.4 Å². The number of nitrogens with one attached hydrogen (secondary N) is 2. The van der Waals surface area contributed by atoms with E-state index in [1.165, 1.54) is 6.42 Å². The van der Waals surface area contributed by atoms with Gasteiger partial charge in [0, 0.05) is 36.4 Å². The molecule has 2 aromatic rings. The van der Waals surface area contributed by atoms with Gasteiger partial charge in [-0.2, -0.15) is 0 Å². The molecule has 1 unspecified atom stereocenters. The molecule has 2 aromatic carbocycles. The third-order valence-electron chi connectivity index (χ3n) is 5.28. The van der Waals surface area contributed by atoms with Crippen LogP contribution in [0.15, 0.2) is 48.5 Å². The van der Waals surface area contributed by atoms with Crippen LogP contribution in [-0.4, -0.2) is 38.8 Å². The monoisotopic (exact) mass is 400 g/mol. The summed E-state index contributed by atoms with van der Waals surface area (Å²) in [6, 6.07) is 15.9. The van der Waals surface area contributed by atoms with Crippen molar-refractivity contribution in [3.8, 4) is 0 Å². The van der Waals surface area contributed by atoms with E-state index < -0.39 is 0 Å². The predicted molar refractivity (Wildman–Crippen MR) is 114 cm³/mol. The number of halogens is 1. The van der Waals surface area contributed by atoms with Crippen molar-refractivity contribution in [2.24, 2.45) is 5.92 Å². The molecule has 2 N–H and O–H groups in total. The van der Waals surface area contributed by atoms with Crippen molar-refractivity contribution < 1.29 is 9.53 Å². The number of hydrogen-bond donors (Lipinski definition) is 2. The first kappa shape index (κ1) is 20.8. The van der Waals surface area contributed by atoms with Crippen molar-refractivity contribution in [1.29, 1.82) is 0 Å². The molecule has 4 nitrogen and oxygen atoms in total. The van der Waals surface area contributed by atoms with Gasteiger partial charge in [-0.15, -0.1) is 0 Å². The smallest absolute Gasteiger partial charge is 0.251 e. The first-order valence-electron chi connectivity index (χ1n) is 10.0. The number of carbonyl (C=O) groups is 1. The lowest BCUT2D eigenvalue weighted by atomic mass is 9.94. The van der Waals surface area contributed by atoms with Crippen molar-refractivity contribution in [2.75, 3.05) is 26.8 Å². The summed E-state index contributed by atoms with van der Waals surface area (Å²) in [5, 5.41) is 7.13. The van der Waals surface area contributed by atoms with E-state index in [1.54, 1.807) is 0 Å². The Bertz CT molecular complexity index is 775. The average Bonchev–Trinajstić information content (AvgIpc) is 2.72. The van der Waals surface area contributed by atoms with Crippen LogP contribution in [0.1, 0.15) is 40.7 Å². The SMILES string of the molecule is CNC(CNC(=O)c1cccc(Cc2cccc(Cl)c2)c1)C[C@@H]1CCCOC1. The molecule has 0 radical (unpaired) electrons. The lowest BCUT2D eigenvalue weighted by molar-refractivity contribution is 0.0478. The minimum absolute atomic E-state index is 0.0342. The molecule has 3 rings (SSSR count). The van der Waals surface area contributed by atoms with Gasteiger partial charge < -0.3 is 15.4 Å². The molecule has 150 valence electrons. The standard InChI is InChI=1S/C23H29ClN2O2/c1-25-22(14-19-7-4-10-28-16-19)15-26-23(27)20-8-2-5-17(12-20)11-18-6-3-9-21(24)13-18/h2-3,5-6,8-9,12-13,19,22,25H,4,7,10-11,14-16H2,1H3,(H,26,27)/t19-,22?/m0/s1. The van der Waals surface area contributed by atoms with E-state index in [0.29, 0.717) is 18.0 Å². The third-order valence-corrected chi connectivity index (χ3v) is 5.51. The summed E-state index contributed by atoms with van der Waals surface area (Å²) in [6.07, 6.45) is 4.11. The molecule has 0 bridgehead atoms. The number of rotatable bonds is 8. The quantitative estimate of drug-likeness (QED) is 0.702. The number of hydrogen-bond acceptors (Lipinski definition) is 3. The Kier molecular flexibility index (Phi) is 7.90. The van der Waals surface area contributed by atoms with Crippen molar-refractivity contribution in [1.82, 2.24) is 10.6 Å². The van der Waals surface area contributed by atoms with Gasteiger partial charge in [-0.25, -0.2) is 0 Å². The highest BCUT2D eigenvalue weighted by molar-refractivity contribution is 6.30. The Balaban J connectivity index is 1.54. The first-order chi connectivity index (χ1) is 13.6. The second-order valence-corrected chi connectivity index (χ2v) is 7.96. The molecule has 0 saturated carbocycles. The molecule has 1 fully saturated rings. The van der Waals surface area contributed by atoms with Gasteiger partial charge in [0.25, 0.3) is 5.91 Å². The van der Waals surface area contributed by atoms with E-state index in [4.69, 9.17) is 16.3 Å². The Morgan fingerprint density at radius 3 is 2.71 bits per heavy atom. The lowest BCUT2D eigenvalue weighted by Gasteiger charge is -2.26. The fourth-order valence-electron chi connectivity index (χ4n) is 3.72. The van der Waals surface area contributed by atoms with Crippen molar-refractivity contribution in [3.63, 3.8) is 0 Å². The zero-order valence-corrected chi connectivity index (χ0v) is 17.2. The molecule has 0 spiro atoms. The van der Waals surface area contributed by atoms with Crippen LogP contribution in [0.2, 0.25) is 5.02 Å². The molecule has 2 atom stereocenters. The molecule has 28 heavy (non-hydrogen) atoms. The molecular weight excluding hydrogens is 372 g/mol. The molecule has 1 aliphatic rings. The maximum absolute atomic E-state index is 12.6. The van der Waals surface area contributed by atoms with Gasteiger partial charge in [0.1, 0.15) is 0 Å². The fourth-order valence-corrected chi connectivity index (χ4v) is 3.93. The van der Waals surface area contributed by atoms with Crippen molar-refractivity contribution in [3.05, 3.63) is 70.2 Å². The summed E-state index contributed by atoms with van der Waals surface area (Å²) < 4.78 is 5.57. The van der Waals surface area contributed by atoms with Crippen LogP contribution in [0.3, 0.4) is 0 Å². The Hall–Kier alpha value is -1.88. The number of carbonyl (C=O) groups excluding carboxylic acids is 1. The molecule has 1 heterocycles. The summed E-state index contributed by atoms with van der Waals surface area (Å²) >= 11 is 6.07. The van der Waals surface area contributed by atoms with Crippen molar-refractivity contribution >= 4 is 17.5 Å². The number of amides is 1. The molecule has 1 amide bonds. The van der Waals surface area contributed by atoms with Gasteiger partial charge in [-0.1, -0.05) is 35.9 Å². The minimum Gasteiger partial charge on any atom is -0.381 e. The van der Waals surface area contributed by atoms with E-state index >= 15 is 0 Å². The second kappa shape index (κ2) is 10.6. The van der Waals surface area contributed by atoms with Gasteiger partial charge in [0.2, 0.25) is 0 Å². The van der Waals surface area contributed by atoms with Crippen molar-refractivity contribution in [2.45, 2.75) is 31.7 Å². The minimum atomic E-state index is -0.0342. The van der Waals surface area contributed by atoms with Crippen LogP contribution in [0, 0.1) is 5.92 Å². The Morgan fingerprint density at radius 1 is 1.21 bits per heavy atom.